The lowest BCUT2D eigenvalue weighted by atomic mass is 9.80. The standard InChI is InChI=1S/C78H103O4S/c1-50-26-69(55-30-51(46-79-65-38-57(71(2,3)4)34-58(39-65)72(5,6)7)28-52(31-55)47-80-66-40-59(73(8,9)10)35-60(41-66)74(11,12)13)83-70(27-50)56-32-53(48-81-67-42-61(75(14,15)16)36-62(43-67)76(17,18)19)29-54(33-56)49-82-68-44-63(77(20,21)22)37-64(45-68)78(23,24)25/h26-45H,46-49H2,1-25H3/q+1. The van der Waals surface area contributed by atoms with Gasteiger partial charge in [0, 0.05) is 23.3 Å². The number of ether oxygens (including phenoxy) is 4. The molecule has 7 aromatic rings. The summed E-state index contributed by atoms with van der Waals surface area (Å²) in [6, 6.07) is 45.6. The molecule has 0 aliphatic carbocycles. The summed E-state index contributed by atoms with van der Waals surface area (Å²) >= 11 is 1.81. The maximum atomic E-state index is 6.86. The zero-order valence-corrected chi connectivity index (χ0v) is 56.7. The molecule has 0 N–H and O–H groups in total. The van der Waals surface area contributed by atoms with Crippen molar-refractivity contribution in [3.63, 3.8) is 0 Å². The van der Waals surface area contributed by atoms with Gasteiger partial charge in [-0.2, -0.15) is 0 Å². The minimum Gasteiger partial charge on any atom is -0.489 e. The second kappa shape index (κ2) is 23.9. The summed E-state index contributed by atoms with van der Waals surface area (Å²) in [5.74, 6) is 3.54. The van der Waals surface area contributed by atoms with Crippen molar-refractivity contribution in [3.8, 4) is 43.9 Å². The molecule has 0 saturated carbocycles. The molecule has 4 nitrogen and oxygen atoms in total. The second-order valence-electron chi connectivity index (χ2n) is 32.1. The highest BCUT2D eigenvalue weighted by Crippen LogP contribution is 2.41. The average molecular weight is 1140 g/mol. The Labute approximate surface area is 507 Å². The first-order valence-corrected chi connectivity index (χ1v) is 31.2. The fraction of sp³-hybridized carbons (Fsp3) is 0.474. The van der Waals surface area contributed by atoms with Crippen LogP contribution in [0.25, 0.3) is 20.9 Å². The minimum absolute atomic E-state index is 0.0338. The number of benzene rings is 6. The Morgan fingerprint density at radius 2 is 0.422 bits per heavy atom. The molecule has 0 unspecified atom stereocenters. The van der Waals surface area contributed by atoms with Crippen molar-refractivity contribution < 1.29 is 18.9 Å². The summed E-state index contributed by atoms with van der Waals surface area (Å²) in [5, 5.41) is 0. The average Bonchev–Trinajstić information content (AvgIpc) is 3.11. The first-order chi connectivity index (χ1) is 38.0. The Bertz CT molecular complexity index is 2880. The summed E-state index contributed by atoms with van der Waals surface area (Å²) in [4.78, 5) is 2.33. The van der Waals surface area contributed by atoms with E-state index < -0.39 is 0 Å². The Morgan fingerprint density at radius 1 is 0.241 bits per heavy atom. The highest BCUT2D eigenvalue weighted by molar-refractivity contribution is 7.18. The Kier molecular flexibility index (Phi) is 18.6. The van der Waals surface area contributed by atoms with Crippen LogP contribution in [-0.4, -0.2) is 0 Å². The van der Waals surface area contributed by atoms with Crippen molar-refractivity contribution in [1.29, 1.82) is 0 Å². The van der Waals surface area contributed by atoms with E-state index >= 15 is 0 Å². The maximum absolute atomic E-state index is 6.86. The van der Waals surface area contributed by atoms with E-state index in [2.05, 4.69) is 294 Å². The van der Waals surface area contributed by atoms with Crippen molar-refractivity contribution in [2.24, 2.45) is 0 Å². The first-order valence-electron chi connectivity index (χ1n) is 30.3. The van der Waals surface area contributed by atoms with Gasteiger partial charge in [0.15, 0.2) is 0 Å². The van der Waals surface area contributed by atoms with Crippen LogP contribution in [-0.2, 0) is 69.7 Å². The van der Waals surface area contributed by atoms with E-state index in [1.807, 2.05) is 11.3 Å². The van der Waals surface area contributed by atoms with Crippen LogP contribution in [0.2, 0.25) is 0 Å². The number of rotatable bonds is 14. The molecule has 0 fully saturated rings. The van der Waals surface area contributed by atoms with Gasteiger partial charge in [0.25, 0.3) is 0 Å². The molecule has 0 amide bonds. The summed E-state index contributed by atoms with van der Waals surface area (Å²) in [5.41, 5.74) is 17.6. The van der Waals surface area contributed by atoms with Crippen LogP contribution in [0.4, 0.5) is 0 Å². The highest BCUT2D eigenvalue weighted by Gasteiger charge is 2.27. The zero-order valence-electron chi connectivity index (χ0n) is 55.9. The normalized spacial score (nSPS) is 13.1. The molecule has 7 rings (SSSR count). The van der Waals surface area contributed by atoms with Crippen LogP contribution in [0.5, 0.6) is 23.0 Å². The third-order valence-corrected chi connectivity index (χ3v) is 16.9. The highest BCUT2D eigenvalue weighted by atomic mass is 32.1. The van der Waals surface area contributed by atoms with Crippen LogP contribution in [0.1, 0.15) is 238 Å². The van der Waals surface area contributed by atoms with Crippen LogP contribution >= 0.6 is 11.3 Å². The van der Waals surface area contributed by atoms with Gasteiger partial charge in [-0.25, -0.2) is 0 Å². The van der Waals surface area contributed by atoms with E-state index in [1.165, 1.54) is 59.8 Å². The van der Waals surface area contributed by atoms with Crippen LogP contribution < -0.4 is 18.9 Å². The summed E-state index contributed by atoms with van der Waals surface area (Å²) in [7, 11) is 0. The predicted molar refractivity (Wildman–Crippen MR) is 357 cm³/mol. The van der Waals surface area contributed by atoms with Crippen molar-refractivity contribution in [3.05, 3.63) is 194 Å². The van der Waals surface area contributed by atoms with E-state index in [4.69, 9.17) is 18.9 Å². The van der Waals surface area contributed by atoms with Gasteiger partial charge >= 0.3 is 0 Å². The van der Waals surface area contributed by atoms with Gasteiger partial charge in [0.05, 0.1) is 0 Å². The van der Waals surface area contributed by atoms with Crippen LogP contribution in [0.15, 0.2) is 121 Å². The molecule has 0 aliphatic heterocycles. The zero-order chi connectivity index (χ0) is 61.6. The van der Waals surface area contributed by atoms with E-state index in [0.29, 0.717) is 26.4 Å². The topological polar surface area (TPSA) is 36.9 Å². The van der Waals surface area contributed by atoms with E-state index in [-0.39, 0.29) is 43.3 Å². The van der Waals surface area contributed by atoms with Crippen LogP contribution in [0.3, 0.4) is 0 Å². The Morgan fingerprint density at radius 3 is 0.590 bits per heavy atom. The number of hydrogen-bond donors (Lipinski definition) is 0. The molecule has 444 valence electrons. The fourth-order valence-electron chi connectivity index (χ4n) is 9.92. The van der Waals surface area contributed by atoms with Gasteiger partial charge in [-0.3, -0.25) is 0 Å². The lowest BCUT2D eigenvalue weighted by Crippen LogP contribution is -2.16. The van der Waals surface area contributed by atoms with Crippen molar-refractivity contribution >= 4 is 11.3 Å². The quantitative estimate of drug-likeness (QED) is 0.102. The number of aryl methyl sites for hydroxylation is 1. The minimum atomic E-state index is -0.0338. The Hall–Kier alpha value is -5.91. The molecule has 0 aliphatic rings. The Balaban J connectivity index is 1.33. The summed E-state index contributed by atoms with van der Waals surface area (Å²) in [6.45, 7) is 58.4. The SMILES string of the molecule is Cc1cc(-c2cc(COc3cc(C(C)(C)C)cc(C(C)(C)C)c3)cc(COc3cc(C(C)(C)C)cc(C(C)(C)C)c3)c2)[s+]c(-c2cc(COc3cc(C(C)(C)C)cc(C(C)(C)C)c3)cc(COc3cc(C(C)(C)C)cc(C(C)(C)C)c3)c2)c1. The van der Waals surface area contributed by atoms with Crippen molar-refractivity contribution in [2.75, 3.05) is 0 Å². The molecule has 5 heteroatoms. The molecule has 1 aromatic heterocycles. The molecular formula is C78H103O4S+. The van der Waals surface area contributed by atoms with Gasteiger partial charge in [0.2, 0.25) is 21.1 Å². The second-order valence-corrected chi connectivity index (χ2v) is 33.2. The molecule has 0 saturated heterocycles. The molecule has 6 aromatic carbocycles. The predicted octanol–water partition coefficient (Wildman–Crippen LogP) is 22.4. The van der Waals surface area contributed by atoms with Gasteiger partial charge in [-0.05, 0) is 207 Å². The summed E-state index contributed by atoms with van der Waals surface area (Å²) < 4.78 is 27.4. The fourth-order valence-corrected chi connectivity index (χ4v) is 11.1. The van der Waals surface area contributed by atoms with Crippen molar-refractivity contribution in [2.45, 2.75) is 243 Å². The van der Waals surface area contributed by atoms with Gasteiger partial charge < -0.3 is 18.9 Å². The molecule has 0 atom stereocenters. The molecule has 1 heterocycles. The summed E-state index contributed by atoms with van der Waals surface area (Å²) in [6.07, 6.45) is 0. The van der Waals surface area contributed by atoms with Crippen molar-refractivity contribution in [1.82, 2.24) is 0 Å². The third-order valence-electron chi connectivity index (χ3n) is 15.8. The molecule has 0 bridgehead atoms. The lowest BCUT2D eigenvalue weighted by Gasteiger charge is -2.26. The molecule has 83 heavy (non-hydrogen) atoms. The van der Waals surface area contributed by atoms with E-state index in [1.54, 1.807) is 0 Å². The van der Waals surface area contributed by atoms with Crippen LogP contribution in [0, 0.1) is 6.92 Å². The third kappa shape index (κ3) is 17.6. The van der Waals surface area contributed by atoms with E-state index in [9.17, 15) is 0 Å². The largest absolute Gasteiger partial charge is 0.489 e. The van der Waals surface area contributed by atoms with Gasteiger partial charge in [-0.15, -0.1) is 0 Å². The lowest BCUT2D eigenvalue weighted by molar-refractivity contribution is 0.298. The smallest absolute Gasteiger partial charge is 0.239 e. The van der Waals surface area contributed by atoms with Gasteiger partial charge in [0.1, 0.15) is 49.4 Å². The maximum Gasteiger partial charge on any atom is 0.239 e. The first kappa shape index (κ1) is 64.6. The number of hydrogen-bond acceptors (Lipinski definition) is 4. The molecular weight excluding hydrogens is 1030 g/mol. The van der Waals surface area contributed by atoms with E-state index in [0.717, 1.165) is 56.4 Å². The molecule has 0 radical (unpaired) electrons. The van der Waals surface area contributed by atoms with Gasteiger partial charge in [-0.1, -0.05) is 190 Å². The molecule has 0 spiro atoms. The monoisotopic (exact) mass is 1140 g/mol.